The fourth-order valence-electron chi connectivity index (χ4n) is 4.80. The van der Waals surface area contributed by atoms with Crippen LogP contribution in [-0.4, -0.2) is 101 Å². The molecule has 0 spiro atoms. The van der Waals surface area contributed by atoms with Gasteiger partial charge in [0, 0.05) is 53.0 Å². The molecule has 0 N–H and O–H groups in total. The second kappa shape index (κ2) is 12.5. The van der Waals surface area contributed by atoms with Gasteiger partial charge in [0.15, 0.2) is 0 Å². The molecule has 12 heteroatoms. The number of nitrogens with zero attached hydrogens (tertiary/aromatic N) is 2. The molecule has 2 aliphatic rings. The molecule has 0 amide bonds. The second-order valence-electron chi connectivity index (χ2n) is 8.75. The van der Waals surface area contributed by atoms with Gasteiger partial charge in [0.2, 0.25) is 5.36 Å². The van der Waals surface area contributed by atoms with E-state index in [-0.39, 0.29) is 54.4 Å². The molecule has 1 aliphatic carbocycles. The Labute approximate surface area is 269 Å². The first-order valence-electron chi connectivity index (χ1n) is 12.3. The molecule has 2 aromatic rings. The van der Waals surface area contributed by atoms with Gasteiger partial charge < -0.3 is 18.4 Å². The molecule has 0 saturated heterocycles. The maximum Gasteiger partial charge on any atom is 2.00 e. The Morgan fingerprint density at radius 3 is 2.00 bits per heavy atom. The van der Waals surface area contributed by atoms with E-state index in [1.807, 2.05) is 52.0 Å². The van der Waals surface area contributed by atoms with Gasteiger partial charge in [-0.2, -0.15) is 0 Å². The van der Waals surface area contributed by atoms with Gasteiger partial charge in [-0.15, -0.1) is 0 Å². The van der Waals surface area contributed by atoms with Crippen molar-refractivity contribution in [2.45, 2.75) is 37.5 Å². The number of anilines is 1. The normalized spacial score (nSPS) is 11.9. The topological polar surface area (TPSA) is 134 Å². The third kappa shape index (κ3) is 6.47. The molecular formula is C27H29BaN2O7S2+. The Kier molecular flexibility index (Phi) is 10.2. The van der Waals surface area contributed by atoms with Crippen molar-refractivity contribution in [3.05, 3.63) is 60.0 Å². The zero-order valence-electron chi connectivity index (χ0n) is 22.3. The van der Waals surface area contributed by atoms with Crippen LogP contribution in [0.4, 0.5) is 5.69 Å². The number of rotatable bonds is 8. The van der Waals surface area contributed by atoms with Crippen molar-refractivity contribution in [2.75, 3.05) is 31.1 Å². The van der Waals surface area contributed by atoms with Crippen LogP contribution in [0.5, 0.6) is 0 Å². The van der Waals surface area contributed by atoms with Gasteiger partial charge in [-0.3, -0.25) is 0 Å². The predicted molar refractivity (Wildman–Crippen MR) is 150 cm³/mol. The van der Waals surface area contributed by atoms with E-state index in [1.165, 1.54) is 6.07 Å². The maximum atomic E-state index is 12.3. The molecule has 0 saturated carbocycles. The summed E-state index contributed by atoms with van der Waals surface area (Å²) in [6, 6.07) is 13.9. The van der Waals surface area contributed by atoms with Gasteiger partial charge in [0.05, 0.1) is 15.9 Å². The van der Waals surface area contributed by atoms with Crippen molar-refractivity contribution in [2.24, 2.45) is 0 Å². The minimum absolute atomic E-state index is 0. The van der Waals surface area contributed by atoms with Gasteiger partial charge in [-0.25, -0.2) is 21.4 Å². The minimum Gasteiger partial charge on any atom is -0.744 e. The first-order valence-corrected chi connectivity index (χ1v) is 15.1. The average Bonchev–Trinajstić information content (AvgIpc) is 2.87. The van der Waals surface area contributed by atoms with Crippen molar-refractivity contribution in [3.63, 3.8) is 0 Å². The van der Waals surface area contributed by atoms with Crippen LogP contribution in [0.25, 0.3) is 33.4 Å². The summed E-state index contributed by atoms with van der Waals surface area (Å²) in [4.78, 5) is 0.550. The molecular weight excluding hydrogens is 666 g/mol. The number of fused-ring (bicyclic) bond motifs is 2. The Morgan fingerprint density at radius 2 is 1.44 bits per heavy atom. The second-order valence-corrected chi connectivity index (χ2v) is 11.5. The monoisotopic (exact) mass is 695 g/mol. The molecule has 4 rings (SSSR count). The van der Waals surface area contributed by atoms with Crippen molar-refractivity contribution in [1.29, 1.82) is 0 Å². The first-order chi connectivity index (χ1) is 17.9. The summed E-state index contributed by atoms with van der Waals surface area (Å²) in [7, 11) is -10.2. The third-order valence-electron chi connectivity index (χ3n) is 6.73. The molecule has 9 nitrogen and oxygen atoms in total. The van der Waals surface area contributed by atoms with Crippen LogP contribution in [0.1, 0.15) is 27.7 Å². The molecule has 0 unspecified atom stereocenters. The Balaban J connectivity index is 0.00000420. The van der Waals surface area contributed by atoms with Crippen molar-refractivity contribution >= 4 is 85.8 Å². The molecule has 1 aliphatic heterocycles. The average molecular weight is 695 g/mol. The summed E-state index contributed by atoms with van der Waals surface area (Å²) in [5.41, 5.74) is 2.28. The SMILES string of the molecule is CCN(CC)c1ccc2c(-c3ccc(S(=O)(=O)[O-])cc3S(=O)(=O)[O-])c3ccc(=[N+](CC)CC)cc-3oc2c1.[Ba+2]. The van der Waals surface area contributed by atoms with E-state index in [0.29, 0.717) is 33.9 Å². The van der Waals surface area contributed by atoms with Gasteiger partial charge >= 0.3 is 48.9 Å². The third-order valence-corrected chi connectivity index (χ3v) is 8.43. The standard InChI is InChI=1S/C27H30N2O7S2.Ba/c1-5-28(6-2)18-9-12-21-24(15-18)36-25-16-19(29(7-3)8-4)10-13-22(25)27(21)23-14-11-20(37(30,31)32)17-26(23)38(33,34)35;/h9-17H,5-8H2,1-4H3,(H-,30,31,32,33,34,35);/q;+2/p-1. The molecule has 39 heavy (non-hydrogen) atoms. The molecule has 0 atom stereocenters. The summed E-state index contributed by atoms with van der Waals surface area (Å²) >= 11 is 0. The zero-order chi connectivity index (χ0) is 27.8. The predicted octanol–water partition coefficient (Wildman–Crippen LogP) is 3.29. The van der Waals surface area contributed by atoms with Crippen LogP contribution in [0, 0.1) is 0 Å². The Morgan fingerprint density at radius 1 is 0.795 bits per heavy atom. The summed E-state index contributed by atoms with van der Waals surface area (Å²) in [5, 5.41) is 1.44. The summed E-state index contributed by atoms with van der Waals surface area (Å²) in [6.45, 7) is 11.2. The number of benzene rings is 3. The summed E-state index contributed by atoms with van der Waals surface area (Å²) < 4.78 is 80.3. The molecule has 2 aromatic carbocycles. The summed E-state index contributed by atoms with van der Waals surface area (Å²) in [5.74, 6) is 0.461. The molecule has 0 bridgehead atoms. The van der Waals surface area contributed by atoms with Crippen LogP contribution in [0.2, 0.25) is 0 Å². The molecule has 0 radical (unpaired) electrons. The van der Waals surface area contributed by atoms with Crippen LogP contribution in [0.15, 0.2) is 68.8 Å². The van der Waals surface area contributed by atoms with Gasteiger partial charge in [0.1, 0.15) is 44.7 Å². The fourth-order valence-corrected chi connectivity index (χ4v) is 6.08. The van der Waals surface area contributed by atoms with Gasteiger partial charge in [-0.1, -0.05) is 6.07 Å². The van der Waals surface area contributed by atoms with E-state index < -0.39 is 30.0 Å². The minimum atomic E-state index is -5.16. The van der Waals surface area contributed by atoms with Gasteiger partial charge in [-0.05, 0) is 58.0 Å². The fraction of sp³-hybridized carbons (Fsp3) is 0.296. The van der Waals surface area contributed by atoms with Crippen LogP contribution < -0.4 is 14.8 Å². The maximum absolute atomic E-state index is 12.3. The first kappa shape index (κ1) is 31.8. The molecule has 1 heterocycles. The van der Waals surface area contributed by atoms with Crippen LogP contribution in [0.3, 0.4) is 0 Å². The zero-order valence-corrected chi connectivity index (χ0v) is 28.4. The smallest absolute Gasteiger partial charge is 0.744 e. The van der Waals surface area contributed by atoms with Crippen LogP contribution >= 0.6 is 0 Å². The van der Waals surface area contributed by atoms with Gasteiger partial charge in [0.25, 0.3) is 0 Å². The van der Waals surface area contributed by atoms with Crippen LogP contribution in [-0.2, 0) is 20.2 Å². The largest absolute Gasteiger partial charge is 2.00 e. The van der Waals surface area contributed by atoms with Crippen molar-refractivity contribution in [1.82, 2.24) is 4.58 Å². The Hall–Kier alpha value is -1.68. The Bertz CT molecular complexity index is 1770. The molecule has 0 fully saturated rings. The van der Waals surface area contributed by atoms with E-state index in [9.17, 15) is 25.9 Å². The summed E-state index contributed by atoms with van der Waals surface area (Å²) in [6.07, 6.45) is 0. The van der Waals surface area contributed by atoms with E-state index in [1.54, 1.807) is 12.1 Å². The van der Waals surface area contributed by atoms with E-state index in [0.717, 1.165) is 43.3 Å². The van der Waals surface area contributed by atoms with E-state index in [2.05, 4.69) is 9.48 Å². The quantitative estimate of drug-likeness (QED) is 0.119. The van der Waals surface area contributed by atoms with Crippen molar-refractivity contribution < 1.29 is 30.4 Å². The van der Waals surface area contributed by atoms with Crippen molar-refractivity contribution in [3.8, 4) is 22.5 Å². The molecule has 0 aromatic heterocycles. The van der Waals surface area contributed by atoms with E-state index in [4.69, 9.17) is 4.42 Å². The molecule has 202 valence electrons. The number of hydrogen-bond acceptors (Lipinski definition) is 8. The van der Waals surface area contributed by atoms with E-state index >= 15 is 0 Å². The number of hydrogen-bond donors (Lipinski definition) is 0.